The van der Waals surface area contributed by atoms with Gasteiger partial charge in [-0.05, 0) is 50.7 Å². The highest BCUT2D eigenvalue weighted by Crippen LogP contribution is 2.50. The Kier molecular flexibility index (Phi) is 7.43. The minimum atomic E-state index is -0.897. The number of carbonyl (C=O) groups is 3. The number of carbonyl (C=O) groups excluding carboxylic acids is 2. The lowest BCUT2D eigenvalue weighted by atomic mass is 9.70. The summed E-state index contributed by atoms with van der Waals surface area (Å²) in [6, 6.07) is 3.89. The van der Waals surface area contributed by atoms with Crippen LogP contribution < -0.4 is 9.47 Å². The van der Waals surface area contributed by atoms with Gasteiger partial charge in [-0.2, -0.15) is 0 Å². The maximum Gasteiger partial charge on any atom is 0.305 e. The molecule has 1 N–H and O–H groups in total. The molecule has 1 heterocycles. The lowest BCUT2D eigenvalue weighted by Crippen LogP contribution is -2.40. The quantitative estimate of drug-likeness (QED) is 0.513. The third-order valence-corrected chi connectivity index (χ3v) is 7.00. The van der Waals surface area contributed by atoms with E-state index in [2.05, 4.69) is 6.58 Å². The largest absolute Gasteiger partial charge is 0.493 e. The van der Waals surface area contributed by atoms with Crippen molar-refractivity contribution in [2.24, 2.45) is 0 Å². The number of carboxylic acids is 1. The fourth-order valence-corrected chi connectivity index (χ4v) is 5.64. The fourth-order valence-electron chi connectivity index (χ4n) is 5.64. The van der Waals surface area contributed by atoms with E-state index in [1.54, 1.807) is 13.2 Å². The first kappa shape index (κ1) is 24.8. The summed E-state index contributed by atoms with van der Waals surface area (Å²) in [5.74, 6) is -0.128. The van der Waals surface area contributed by atoms with Crippen molar-refractivity contribution in [3.63, 3.8) is 0 Å². The molecule has 0 unspecified atom stereocenters. The number of ketones is 2. The minimum absolute atomic E-state index is 0.0274. The summed E-state index contributed by atoms with van der Waals surface area (Å²) in [5.41, 5.74) is 4.72. The van der Waals surface area contributed by atoms with Crippen LogP contribution >= 0.6 is 0 Å². The third kappa shape index (κ3) is 4.64. The van der Waals surface area contributed by atoms with Gasteiger partial charge in [-0.3, -0.25) is 14.4 Å². The molecule has 0 saturated carbocycles. The first-order chi connectivity index (χ1) is 16.9. The summed E-state index contributed by atoms with van der Waals surface area (Å²) in [5, 5.41) is 9.35. The highest BCUT2D eigenvalue weighted by molar-refractivity contribution is 6.06. The van der Waals surface area contributed by atoms with E-state index in [0.29, 0.717) is 61.4 Å². The van der Waals surface area contributed by atoms with Crippen molar-refractivity contribution in [1.29, 1.82) is 0 Å². The molecule has 1 aromatic rings. The van der Waals surface area contributed by atoms with E-state index in [0.717, 1.165) is 35.4 Å². The predicted octanol–water partition coefficient (Wildman–Crippen LogP) is 4.71. The second-order valence-electron chi connectivity index (χ2n) is 9.14. The summed E-state index contributed by atoms with van der Waals surface area (Å²) < 4.78 is 11.6. The van der Waals surface area contributed by atoms with Gasteiger partial charge in [0, 0.05) is 53.4 Å². The Hall–Kier alpha value is -3.35. The van der Waals surface area contributed by atoms with Crippen LogP contribution in [-0.2, 0) is 20.8 Å². The van der Waals surface area contributed by atoms with Gasteiger partial charge >= 0.3 is 5.97 Å². The zero-order chi connectivity index (χ0) is 25.1. The Morgan fingerprint density at radius 3 is 2.26 bits per heavy atom. The molecule has 7 nitrogen and oxygen atoms in total. The standard InChI is InChI=1S/C28H33NO6/c1-4-8-17-15-18(16-23(34-3)28(17)35-5-2)25-26-19(9-6-11-21(26)30)29(14-13-24(32)33)20-10-7-12-22(31)27(20)25/h4,15-16,25H,1,5-14H2,2-3H3,(H,32,33). The van der Waals surface area contributed by atoms with Crippen LogP contribution in [0.4, 0.5) is 0 Å². The second kappa shape index (κ2) is 10.5. The van der Waals surface area contributed by atoms with Crippen LogP contribution in [0.2, 0.25) is 0 Å². The lowest BCUT2D eigenvalue weighted by molar-refractivity contribution is -0.137. The highest BCUT2D eigenvalue weighted by atomic mass is 16.5. The molecule has 3 aliphatic rings. The summed E-state index contributed by atoms with van der Waals surface area (Å²) >= 11 is 0. The topological polar surface area (TPSA) is 93.1 Å². The molecular formula is C28H33NO6. The number of benzene rings is 1. The molecular weight excluding hydrogens is 446 g/mol. The lowest BCUT2D eigenvalue weighted by Gasteiger charge is -2.44. The average Bonchev–Trinajstić information content (AvgIpc) is 2.83. The Morgan fingerprint density at radius 2 is 1.74 bits per heavy atom. The van der Waals surface area contributed by atoms with E-state index in [1.165, 1.54) is 0 Å². The van der Waals surface area contributed by atoms with Crippen LogP contribution in [0.1, 0.15) is 68.9 Å². The van der Waals surface area contributed by atoms with Gasteiger partial charge in [0.25, 0.3) is 0 Å². The number of methoxy groups -OCH3 is 1. The van der Waals surface area contributed by atoms with E-state index in [1.807, 2.05) is 24.0 Å². The van der Waals surface area contributed by atoms with E-state index >= 15 is 0 Å². The molecule has 2 aliphatic carbocycles. The molecule has 1 aliphatic heterocycles. The van der Waals surface area contributed by atoms with Gasteiger partial charge in [-0.25, -0.2) is 0 Å². The predicted molar refractivity (Wildman–Crippen MR) is 132 cm³/mol. The molecule has 0 saturated heterocycles. The van der Waals surface area contributed by atoms with Crippen LogP contribution in [-0.4, -0.2) is 47.8 Å². The van der Waals surface area contributed by atoms with Crippen LogP contribution in [0.15, 0.2) is 47.3 Å². The molecule has 0 atom stereocenters. The van der Waals surface area contributed by atoms with Crippen molar-refractivity contribution in [2.45, 2.75) is 64.2 Å². The zero-order valence-electron chi connectivity index (χ0n) is 20.5. The molecule has 7 heteroatoms. The first-order valence-corrected chi connectivity index (χ1v) is 12.4. The van der Waals surface area contributed by atoms with Crippen molar-refractivity contribution >= 4 is 17.5 Å². The number of hydrogen-bond acceptors (Lipinski definition) is 6. The molecule has 0 spiro atoms. The minimum Gasteiger partial charge on any atom is -0.493 e. The van der Waals surface area contributed by atoms with Crippen molar-refractivity contribution in [3.8, 4) is 11.5 Å². The average molecular weight is 480 g/mol. The number of nitrogens with zero attached hydrogens (tertiary/aromatic N) is 1. The smallest absolute Gasteiger partial charge is 0.305 e. The summed E-state index contributed by atoms with van der Waals surface area (Å²) in [7, 11) is 1.58. The molecule has 1 aromatic carbocycles. The van der Waals surface area contributed by atoms with Crippen molar-refractivity contribution in [2.75, 3.05) is 20.3 Å². The Morgan fingerprint density at radius 1 is 1.11 bits per heavy atom. The number of ether oxygens (including phenoxy) is 2. The molecule has 186 valence electrons. The van der Waals surface area contributed by atoms with Gasteiger partial charge in [-0.1, -0.05) is 12.1 Å². The van der Waals surface area contributed by atoms with Crippen molar-refractivity contribution in [1.82, 2.24) is 4.90 Å². The van der Waals surface area contributed by atoms with Crippen LogP contribution in [0.5, 0.6) is 11.5 Å². The van der Waals surface area contributed by atoms with Crippen LogP contribution in [0.25, 0.3) is 0 Å². The number of aliphatic carboxylic acids is 1. The van der Waals surface area contributed by atoms with Gasteiger partial charge in [0.2, 0.25) is 0 Å². The van der Waals surface area contributed by atoms with Crippen molar-refractivity contribution in [3.05, 3.63) is 58.5 Å². The monoisotopic (exact) mass is 479 g/mol. The van der Waals surface area contributed by atoms with Gasteiger partial charge in [0.05, 0.1) is 20.1 Å². The summed E-state index contributed by atoms with van der Waals surface area (Å²) in [6.45, 7) is 6.52. The maximum atomic E-state index is 13.4. The van der Waals surface area contributed by atoms with Crippen LogP contribution in [0, 0.1) is 0 Å². The number of carboxylic acid groups (broad SMARTS) is 1. The molecule has 0 radical (unpaired) electrons. The molecule has 4 rings (SSSR count). The molecule has 0 aromatic heterocycles. The molecule has 35 heavy (non-hydrogen) atoms. The van der Waals surface area contributed by atoms with E-state index in [4.69, 9.17) is 9.47 Å². The van der Waals surface area contributed by atoms with E-state index < -0.39 is 11.9 Å². The molecule has 0 amide bonds. The van der Waals surface area contributed by atoms with Gasteiger partial charge in [0.1, 0.15) is 0 Å². The zero-order valence-corrected chi connectivity index (χ0v) is 20.5. The van der Waals surface area contributed by atoms with Gasteiger partial charge in [-0.15, -0.1) is 6.58 Å². The SMILES string of the molecule is C=CCc1cc(C2C3=C(CCCC3=O)N(CCC(=O)O)C3=C2C(=O)CCC3)cc(OC)c1OCC. The molecule has 0 fully saturated rings. The van der Waals surface area contributed by atoms with Crippen LogP contribution in [0.3, 0.4) is 0 Å². The molecule has 0 bridgehead atoms. The Bertz CT molecular complexity index is 1080. The number of rotatable bonds is 9. The Balaban J connectivity index is 1.95. The number of Topliss-reactive ketones (excluding diaryl/α,β-unsaturated/α-hetero) is 2. The van der Waals surface area contributed by atoms with Crippen molar-refractivity contribution < 1.29 is 29.0 Å². The van der Waals surface area contributed by atoms with Gasteiger partial charge in [0.15, 0.2) is 23.1 Å². The summed E-state index contributed by atoms with van der Waals surface area (Å²) in [4.78, 5) is 40.2. The fraction of sp³-hybridized carbons (Fsp3) is 0.464. The normalized spacial score (nSPS) is 18.4. The van der Waals surface area contributed by atoms with E-state index in [9.17, 15) is 19.5 Å². The highest BCUT2D eigenvalue weighted by Gasteiger charge is 2.43. The second-order valence-corrected chi connectivity index (χ2v) is 9.14. The van der Waals surface area contributed by atoms with Gasteiger partial charge < -0.3 is 19.5 Å². The number of allylic oxidation sites excluding steroid dienone is 5. The first-order valence-electron chi connectivity index (χ1n) is 12.4. The Labute approximate surface area is 206 Å². The third-order valence-electron chi connectivity index (χ3n) is 7.00. The van der Waals surface area contributed by atoms with E-state index in [-0.39, 0.29) is 24.5 Å². The summed E-state index contributed by atoms with van der Waals surface area (Å²) in [6.07, 6.45) is 5.96. The number of hydrogen-bond donors (Lipinski definition) is 1. The maximum absolute atomic E-state index is 13.4.